The van der Waals surface area contributed by atoms with E-state index in [1.165, 1.54) is 17.3 Å². The summed E-state index contributed by atoms with van der Waals surface area (Å²) >= 11 is 1.71. The van der Waals surface area contributed by atoms with Gasteiger partial charge in [0.2, 0.25) is 0 Å². The van der Waals surface area contributed by atoms with Gasteiger partial charge in [-0.25, -0.2) is 14.8 Å². The normalized spacial score (nSPS) is 10.1. The number of nitrogens with zero attached hydrogens (tertiary/aromatic N) is 2. The standard InChI is InChI=1S/C11H11N3O2S/c15-11(16)9-6-14-10(7-13-9)12-4-3-8-2-1-5-17-8/h1-2,5-7H,3-4H2,(H,12,14)(H,15,16). The summed E-state index contributed by atoms with van der Waals surface area (Å²) in [5, 5.41) is 13.8. The van der Waals surface area contributed by atoms with Crippen LogP contribution in [0.15, 0.2) is 29.9 Å². The van der Waals surface area contributed by atoms with Crippen LogP contribution >= 0.6 is 11.3 Å². The predicted molar refractivity (Wildman–Crippen MR) is 65.5 cm³/mol. The lowest BCUT2D eigenvalue weighted by Crippen LogP contribution is -2.07. The van der Waals surface area contributed by atoms with Crippen molar-refractivity contribution in [2.75, 3.05) is 11.9 Å². The topological polar surface area (TPSA) is 75.1 Å². The number of aromatic carboxylic acids is 1. The van der Waals surface area contributed by atoms with Gasteiger partial charge < -0.3 is 10.4 Å². The first-order valence-electron chi connectivity index (χ1n) is 5.07. The molecule has 0 fully saturated rings. The second kappa shape index (κ2) is 5.40. The molecule has 2 aromatic rings. The molecular weight excluding hydrogens is 238 g/mol. The Bertz CT molecular complexity index is 482. The van der Waals surface area contributed by atoms with Crippen molar-refractivity contribution in [2.45, 2.75) is 6.42 Å². The molecule has 2 N–H and O–H groups in total. The average Bonchev–Trinajstić information content (AvgIpc) is 2.83. The van der Waals surface area contributed by atoms with Gasteiger partial charge in [0.25, 0.3) is 0 Å². The summed E-state index contributed by atoms with van der Waals surface area (Å²) in [6, 6.07) is 4.09. The predicted octanol–water partition coefficient (Wildman–Crippen LogP) is 1.89. The van der Waals surface area contributed by atoms with Crippen molar-refractivity contribution in [3.8, 4) is 0 Å². The van der Waals surface area contributed by atoms with Crippen LogP contribution in [0.1, 0.15) is 15.4 Å². The van der Waals surface area contributed by atoms with E-state index in [4.69, 9.17) is 5.11 Å². The molecule has 0 saturated carbocycles. The maximum atomic E-state index is 10.6. The molecule has 0 unspecified atom stereocenters. The van der Waals surface area contributed by atoms with E-state index in [1.807, 2.05) is 11.4 Å². The van der Waals surface area contributed by atoms with Gasteiger partial charge in [-0.1, -0.05) is 6.07 Å². The Kier molecular flexibility index (Phi) is 3.66. The molecule has 88 valence electrons. The Hall–Kier alpha value is -1.95. The molecule has 0 atom stereocenters. The highest BCUT2D eigenvalue weighted by Gasteiger charge is 2.04. The lowest BCUT2D eigenvalue weighted by Gasteiger charge is -2.03. The van der Waals surface area contributed by atoms with E-state index in [1.54, 1.807) is 11.3 Å². The van der Waals surface area contributed by atoms with E-state index in [9.17, 15) is 4.79 Å². The van der Waals surface area contributed by atoms with Crippen molar-refractivity contribution in [3.05, 3.63) is 40.5 Å². The van der Waals surface area contributed by atoms with E-state index in [0.29, 0.717) is 5.82 Å². The SMILES string of the molecule is O=C(O)c1cnc(NCCc2cccs2)cn1. The van der Waals surface area contributed by atoms with Gasteiger partial charge in [0, 0.05) is 11.4 Å². The number of aromatic nitrogens is 2. The third-order valence-corrected chi connectivity index (χ3v) is 3.06. The van der Waals surface area contributed by atoms with E-state index < -0.39 is 5.97 Å². The minimum absolute atomic E-state index is 0.0474. The molecule has 2 heterocycles. The van der Waals surface area contributed by atoms with E-state index >= 15 is 0 Å². The number of anilines is 1. The number of rotatable bonds is 5. The summed E-state index contributed by atoms with van der Waals surface area (Å²) in [5.41, 5.74) is -0.0474. The molecule has 17 heavy (non-hydrogen) atoms. The zero-order chi connectivity index (χ0) is 12.1. The largest absolute Gasteiger partial charge is 0.476 e. The van der Waals surface area contributed by atoms with E-state index in [2.05, 4.69) is 21.4 Å². The van der Waals surface area contributed by atoms with Crippen molar-refractivity contribution >= 4 is 23.1 Å². The molecule has 0 saturated heterocycles. The van der Waals surface area contributed by atoms with Gasteiger partial charge in [-0.3, -0.25) is 0 Å². The third-order valence-electron chi connectivity index (χ3n) is 2.13. The highest BCUT2D eigenvalue weighted by molar-refractivity contribution is 7.09. The van der Waals surface area contributed by atoms with Gasteiger partial charge in [-0.15, -0.1) is 11.3 Å². The number of carboxylic acid groups (broad SMARTS) is 1. The maximum absolute atomic E-state index is 10.6. The molecule has 0 aliphatic rings. The number of hydrogen-bond donors (Lipinski definition) is 2. The molecule has 2 aromatic heterocycles. The summed E-state index contributed by atoms with van der Waals surface area (Å²) in [7, 11) is 0. The van der Waals surface area contributed by atoms with Crippen molar-refractivity contribution in [1.82, 2.24) is 9.97 Å². The Balaban J connectivity index is 1.85. The molecule has 0 radical (unpaired) electrons. The van der Waals surface area contributed by atoms with Crippen LogP contribution in [0.4, 0.5) is 5.82 Å². The lowest BCUT2D eigenvalue weighted by atomic mass is 10.3. The molecule has 0 bridgehead atoms. The van der Waals surface area contributed by atoms with Gasteiger partial charge in [0.05, 0.1) is 12.4 Å². The minimum Gasteiger partial charge on any atom is -0.476 e. The summed E-state index contributed by atoms with van der Waals surface area (Å²) in [6.45, 7) is 0.752. The quantitative estimate of drug-likeness (QED) is 0.846. The highest BCUT2D eigenvalue weighted by Crippen LogP contribution is 2.09. The summed E-state index contributed by atoms with van der Waals surface area (Å²) in [6.07, 6.45) is 3.59. The van der Waals surface area contributed by atoms with Crippen LogP contribution in [-0.4, -0.2) is 27.6 Å². The monoisotopic (exact) mass is 249 g/mol. The van der Waals surface area contributed by atoms with Crippen LogP contribution in [0.2, 0.25) is 0 Å². The average molecular weight is 249 g/mol. The Labute approximate surface area is 102 Å². The number of carbonyl (C=O) groups is 1. The molecule has 0 aromatic carbocycles. The molecule has 5 nitrogen and oxygen atoms in total. The summed E-state index contributed by atoms with van der Waals surface area (Å²) < 4.78 is 0. The van der Waals surface area contributed by atoms with Crippen LogP contribution in [0.3, 0.4) is 0 Å². The minimum atomic E-state index is -1.07. The van der Waals surface area contributed by atoms with E-state index in [0.717, 1.165) is 13.0 Å². The molecule has 0 aliphatic heterocycles. The van der Waals surface area contributed by atoms with Gasteiger partial charge >= 0.3 is 5.97 Å². The summed E-state index contributed by atoms with van der Waals surface area (Å²) in [5.74, 6) is -0.478. The molecule has 0 amide bonds. The molecule has 0 aliphatic carbocycles. The number of nitrogens with one attached hydrogen (secondary N) is 1. The van der Waals surface area contributed by atoms with Gasteiger partial charge in [-0.2, -0.15) is 0 Å². The number of hydrogen-bond acceptors (Lipinski definition) is 5. The molecule has 0 spiro atoms. The fourth-order valence-electron chi connectivity index (χ4n) is 1.30. The van der Waals surface area contributed by atoms with Crippen LogP contribution in [-0.2, 0) is 6.42 Å². The van der Waals surface area contributed by atoms with Crippen LogP contribution in [0, 0.1) is 0 Å². The summed E-state index contributed by atoms with van der Waals surface area (Å²) in [4.78, 5) is 19.6. The number of carboxylic acids is 1. The Morgan fingerprint density at radius 3 is 2.88 bits per heavy atom. The van der Waals surface area contributed by atoms with Crippen molar-refractivity contribution in [2.24, 2.45) is 0 Å². The maximum Gasteiger partial charge on any atom is 0.356 e. The zero-order valence-electron chi connectivity index (χ0n) is 8.96. The first kappa shape index (κ1) is 11.5. The highest BCUT2D eigenvalue weighted by atomic mass is 32.1. The first-order chi connectivity index (χ1) is 8.25. The van der Waals surface area contributed by atoms with Gasteiger partial charge in [0.1, 0.15) is 5.82 Å². The second-order valence-electron chi connectivity index (χ2n) is 3.35. The van der Waals surface area contributed by atoms with Crippen molar-refractivity contribution in [1.29, 1.82) is 0 Å². The van der Waals surface area contributed by atoms with Crippen LogP contribution in [0.5, 0.6) is 0 Å². The first-order valence-corrected chi connectivity index (χ1v) is 5.95. The fourth-order valence-corrected chi connectivity index (χ4v) is 2.01. The second-order valence-corrected chi connectivity index (χ2v) is 4.38. The Morgan fingerprint density at radius 1 is 1.41 bits per heavy atom. The van der Waals surface area contributed by atoms with Crippen LogP contribution < -0.4 is 5.32 Å². The molecule has 6 heteroatoms. The van der Waals surface area contributed by atoms with Crippen molar-refractivity contribution < 1.29 is 9.90 Å². The van der Waals surface area contributed by atoms with Gasteiger partial charge in [-0.05, 0) is 17.9 Å². The zero-order valence-corrected chi connectivity index (χ0v) is 9.78. The van der Waals surface area contributed by atoms with Gasteiger partial charge in [0.15, 0.2) is 5.69 Å². The van der Waals surface area contributed by atoms with Crippen LogP contribution in [0.25, 0.3) is 0 Å². The smallest absolute Gasteiger partial charge is 0.356 e. The number of thiophene rings is 1. The van der Waals surface area contributed by atoms with Crippen molar-refractivity contribution in [3.63, 3.8) is 0 Å². The fraction of sp³-hybridized carbons (Fsp3) is 0.182. The third kappa shape index (κ3) is 3.25. The molecule has 2 rings (SSSR count). The lowest BCUT2D eigenvalue weighted by molar-refractivity contribution is 0.0690. The van der Waals surface area contributed by atoms with E-state index in [-0.39, 0.29) is 5.69 Å². The molecular formula is C11H11N3O2S. The Morgan fingerprint density at radius 2 is 2.29 bits per heavy atom.